The van der Waals surface area contributed by atoms with E-state index in [2.05, 4.69) is 164 Å². The fraction of sp³-hybridized carbons (Fsp3) is 0.0566. The molecule has 0 N–H and O–H groups in total. The Morgan fingerprint density at radius 3 is 1.79 bits per heavy atom. The molecule has 1 aliphatic carbocycles. The Hall–Kier alpha value is -6.47. The van der Waals surface area contributed by atoms with Crippen LogP contribution in [0.25, 0.3) is 82.4 Å². The summed E-state index contributed by atoms with van der Waals surface area (Å²) >= 11 is 0. The third kappa shape index (κ3) is 3.99. The van der Waals surface area contributed by atoms with Crippen molar-refractivity contribution in [1.29, 1.82) is 0 Å². The van der Waals surface area contributed by atoms with Gasteiger partial charge in [-0.15, -0.1) is 0 Å². The van der Waals surface area contributed by atoms with Crippen LogP contribution in [0.5, 0.6) is 0 Å². The minimum Gasteiger partial charge on any atom is -0.309 e. The lowest BCUT2D eigenvalue weighted by atomic mass is 9.81. The summed E-state index contributed by atoms with van der Waals surface area (Å²) in [7, 11) is -3.23. The number of nitrogens with zero attached hydrogens (tertiary/aromatic N) is 1. The molecular weight excluding hydrogens is 698 g/mol. The number of hydrogen-bond acceptors (Lipinski definition) is 1. The van der Waals surface area contributed by atoms with Gasteiger partial charge in [0.05, 0.1) is 16.7 Å². The second-order valence-electron chi connectivity index (χ2n) is 15.9. The van der Waals surface area contributed by atoms with Gasteiger partial charge in [0, 0.05) is 42.9 Å². The van der Waals surface area contributed by atoms with E-state index in [1.54, 1.807) is 0 Å². The van der Waals surface area contributed by atoms with Gasteiger partial charge in [-0.05, 0) is 73.5 Å². The topological polar surface area (TPSA) is 22.0 Å². The van der Waals surface area contributed by atoms with E-state index in [1.807, 2.05) is 36.4 Å². The molecule has 9 aromatic carbocycles. The Labute approximate surface area is 325 Å². The molecule has 10 aromatic rings. The van der Waals surface area contributed by atoms with E-state index in [1.165, 1.54) is 54.9 Å². The van der Waals surface area contributed by atoms with Gasteiger partial charge in [0.1, 0.15) is 0 Å². The number of para-hydroxylation sites is 1. The summed E-state index contributed by atoms with van der Waals surface area (Å²) in [6.45, 7) is 4.71. The van der Waals surface area contributed by atoms with Gasteiger partial charge >= 0.3 is 0 Å². The first-order valence-corrected chi connectivity index (χ1v) is 21.2. The van der Waals surface area contributed by atoms with E-state index in [-0.39, 0.29) is 5.41 Å². The standard InChI is InChI=1S/C53H36NOP/c1-53(2)44-25-13-10-18-35(44)36-29-28-33(32-45(36)53)49-38-20-6-8-22-40(38)51(41-23-9-7-21-39(41)49)54-46-26-14-11-24-43(46)50-47(54)31-30-42-37-19-12-15-27-48(37)56(55,52(42)50)34-16-4-3-5-17-34/h3-32H,1-2H3. The average Bonchev–Trinajstić information content (AvgIpc) is 3.81. The summed E-state index contributed by atoms with van der Waals surface area (Å²) in [6, 6.07) is 65.4. The van der Waals surface area contributed by atoms with Crippen molar-refractivity contribution in [3.63, 3.8) is 0 Å². The molecule has 0 radical (unpaired) electrons. The van der Waals surface area contributed by atoms with Crippen molar-refractivity contribution in [1.82, 2.24) is 4.57 Å². The van der Waals surface area contributed by atoms with E-state index >= 15 is 4.57 Å². The Morgan fingerprint density at radius 2 is 1.04 bits per heavy atom. The number of aromatic nitrogens is 1. The summed E-state index contributed by atoms with van der Waals surface area (Å²) in [6.07, 6.45) is 0. The van der Waals surface area contributed by atoms with Gasteiger partial charge < -0.3 is 9.13 Å². The first kappa shape index (κ1) is 31.8. The molecule has 0 bridgehead atoms. The molecule has 1 aliphatic heterocycles. The molecule has 264 valence electrons. The SMILES string of the molecule is CC1(C)c2ccccc2-c2ccc(-c3c4ccccc4c(-n4c5ccccc5c5c6c(ccc54)-c4ccccc4P6(=O)c4ccccc4)c4ccccc34)cc21. The van der Waals surface area contributed by atoms with Crippen LogP contribution >= 0.6 is 7.14 Å². The van der Waals surface area contributed by atoms with E-state index in [0.717, 1.165) is 54.5 Å². The van der Waals surface area contributed by atoms with Gasteiger partial charge in [-0.25, -0.2) is 0 Å². The summed E-state index contributed by atoms with van der Waals surface area (Å²) < 4.78 is 18.5. The molecule has 1 atom stereocenters. The normalized spacial score (nSPS) is 16.3. The fourth-order valence-electron chi connectivity index (χ4n) is 10.3. The van der Waals surface area contributed by atoms with Crippen molar-refractivity contribution in [2.75, 3.05) is 0 Å². The molecule has 2 heterocycles. The van der Waals surface area contributed by atoms with Crippen LogP contribution in [-0.4, -0.2) is 4.57 Å². The van der Waals surface area contributed by atoms with Gasteiger partial charge in [-0.1, -0.05) is 178 Å². The smallest absolute Gasteiger partial charge is 0.172 e. The second kappa shape index (κ2) is 11.3. The number of benzene rings is 9. The van der Waals surface area contributed by atoms with E-state index in [4.69, 9.17) is 0 Å². The van der Waals surface area contributed by atoms with Crippen molar-refractivity contribution < 1.29 is 4.57 Å². The van der Waals surface area contributed by atoms with Crippen molar-refractivity contribution in [3.05, 3.63) is 193 Å². The molecule has 12 rings (SSSR count). The number of hydrogen-bond donors (Lipinski definition) is 0. The minimum atomic E-state index is -3.23. The van der Waals surface area contributed by atoms with Crippen LogP contribution < -0.4 is 15.9 Å². The Morgan fingerprint density at radius 1 is 0.464 bits per heavy atom. The van der Waals surface area contributed by atoms with E-state index in [9.17, 15) is 0 Å². The maximum absolute atomic E-state index is 16.1. The summed E-state index contributed by atoms with van der Waals surface area (Å²) in [5, 5.41) is 9.71. The van der Waals surface area contributed by atoms with Crippen LogP contribution in [0.2, 0.25) is 0 Å². The summed E-state index contributed by atoms with van der Waals surface area (Å²) in [4.78, 5) is 0. The van der Waals surface area contributed by atoms with Gasteiger partial charge in [0.15, 0.2) is 7.14 Å². The van der Waals surface area contributed by atoms with E-state index < -0.39 is 7.14 Å². The first-order valence-electron chi connectivity index (χ1n) is 19.5. The fourth-order valence-corrected chi connectivity index (χ4v) is 13.6. The minimum absolute atomic E-state index is 0.102. The lowest BCUT2D eigenvalue weighted by molar-refractivity contribution is 0.593. The Balaban J connectivity index is 1.19. The molecule has 0 spiro atoms. The van der Waals surface area contributed by atoms with E-state index in [0.29, 0.717) is 0 Å². The van der Waals surface area contributed by atoms with Crippen LogP contribution in [0, 0.1) is 0 Å². The highest BCUT2D eigenvalue weighted by Crippen LogP contribution is 2.56. The molecule has 56 heavy (non-hydrogen) atoms. The second-order valence-corrected chi connectivity index (χ2v) is 18.6. The van der Waals surface area contributed by atoms with Crippen LogP contribution in [0.4, 0.5) is 0 Å². The number of rotatable bonds is 3. The Kier molecular flexibility index (Phi) is 6.42. The quantitative estimate of drug-likeness (QED) is 0.131. The zero-order chi connectivity index (χ0) is 37.3. The predicted molar refractivity (Wildman–Crippen MR) is 237 cm³/mol. The van der Waals surface area contributed by atoms with Crippen LogP contribution in [0.1, 0.15) is 25.0 Å². The van der Waals surface area contributed by atoms with Crippen molar-refractivity contribution in [3.8, 4) is 39.1 Å². The van der Waals surface area contributed by atoms with Crippen LogP contribution in [-0.2, 0) is 9.98 Å². The van der Waals surface area contributed by atoms with Gasteiger partial charge in [-0.3, -0.25) is 0 Å². The van der Waals surface area contributed by atoms with Crippen molar-refractivity contribution >= 4 is 66.4 Å². The molecule has 2 aliphatic rings. The third-order valence-electron chi connectivity index (χ3n) is 12.8. The molecular formula is C53H36NOP. The highest BCUT2D eigenvalue weighted by atomic mass is 31.2. The lowest BCUT2D eigenvalue weighted by Crippen LogP contribution is -2.21. The lowest BCUT2D eigenvalue weighted by Gasteiger charge is -2.23. The highest BCUT2D eigenvalue weighted by molar-refractivity contribution is 7.86. The molecule has 0 saturated carbocycles. The summed E-state index contributed by atoms with van der Waals surface area (Å²) in [5.74, 6) is 0. The highest BCUT2D eigenvalue weighted by Gasteiger charge is 2.42. The van der Waals surface area contributed by atoms with Gasteiger partial charge in [0.2, 0.25) is 0 Å². The number of fused-ring (bicyclic) bond motifs is 12. The monoisotopic (exact) mass is 733 g/mol. The molecule has 0 fully saturated rings. The zero-order valence-electron chi connectivity index (χ0n) is 31.1. The third-order valence-corrected chi connectivity index (χ3v) is 16.0. The van der Waals surface area contributed by atoms with Crippen LogP contribution in [0.15, 0.2) is 182 Å². The maximum Gasteiger partial charge on any atom is 0.172 e. The average molecular weight is 734 g/mol. The summed E-state index contributed by atoms with van der Waals surface area (Å²) in [5.41, 5.74) is 13.2. The Bertz CT molecular complexity index is 3310. The predicted octanol–water partition coefficient (Wildman–Crippen LogP) is 12.7. The van der Waals surface area contributed by atoms with Crippen molar-refractivity contribution in [2.45, 2.75) is 19.3 Å². The molecule has 2 nitrogen and oxygen atoms in total. The van der Waals surface area contributed by atoms with Gasteiger partial charge in [0.25, 0.3) is 0 Å². The molecule has 0 saturated heterocycles. The first-order chi connectivity index (χ1) is 27.5. The van der Waals surface area contributed by atoms with Crippen molar-refractivity contribution in [2.24, 2.45) is 0 Å². The maximum atomic E-state index is 16.1. The van der Waals surface area contributed by atoms with Gasteiger partial charge in [-0.2, -0.15) is 0 Å². The molecule has 1 aromatic heterocycles. The largest absolute Gasteiger partial charge is 0.309 e. The van der Waals surface area contributed by atoms with Crippen LogP contribution in [0.3, 0.4) is 0 Å². The molecule has 0 amide bonds. The zero-order valence-corrected chi connectivity index (χ0v) is 32.0. The molecule has 1 unspecified atom stereocenters. The molecule has 3 heteroatoms.